The molecule has 1 saturated heterocycles. The molecule has 1 atom stereocenters. The average Bonchev–Trinajstić information content (AvgIpc) is 2.89. The predicted octanol–water partition coefficient (Wildman–Crippen LogP) is 0.894. The molecule has 0 bridgehead atoms. The zero-order valence-corrected chi connectivity index (χ0v) is 9.99. The Bertz CT molecular complexity index is 189. The van der Waals surface area contributed by atoms with E-state index in [1.165, 1.54) is 45.2 Å². The molecule has 0 radical (unpaired) electrons. The fourth-order valence-electron chi connectivity index (χ4n) is 3.12. The summed E-state index contributed by atoms with van der Waals surface area (Å²) in [5.41, 5.74) is 5.60. The first-order chi connectivity index (χ1) is 7.31. The Morgan fingerprint density at radius 2 is 2.00 bits per heavy atom. The van der Waals surface area contributed by atoms with Gasteiger partial charge in [0.15, 0.2) is 0 Å². The summed E-state index contributed by atoms with van der Waals surface area (Å²) in [5, 5.41) is 0. The minimum absolute atomic E-state index is 0.758. The van der Waals surface area contributed by atoms with Crippen molar-refractivity contribution in [2.24, 2.45) is 5.73 Å². The van der Waals surface area contributed by atoms with Crippen LogP contribution in [0.15, 0.2) is 0 Å². The smallest absolute Gasteiger partial charge is 0.0232 e. The molecule has 3 nitrogen and oxygen atoms in total. The van der Waals surface area contributed by atoms with Gasteiger partial charge < -0.3 is 10.6 Å². The summed E-state index contributed by atoms with van der Waals surface area (Å²) in [6.07, 6.45) is 7.11. The van der Waals surface area contributed by atoms with E-state index in [0.717, 1.165) is 25.2 Å². The van der Waals surface area contributed by atoms with E-state index in [2.05, 4.69) is 16.8 Å². The number of rotatable bonds is 4. The van der Waals surface area contributed by atoms with Crippen LogP contribution in [0, 0.1) is 0 Å². The van der Waals surface area contributed by atoms with Gasteiger partial charge >= 0.3 is 0 Å². The summed E-state index contributed by atoms with van der Waals surface area (Å²) in [7, 11) is 2.22. The van der Waals surface area contributed by atoms with Crippen molar-refractivity contribution in [1.82, 2.24) is 9.80 Å². The number of hydrogen-bond acceptors (Lipinski definition) is 3. The lowest BCUT2D eigenvalue weighted by atomic mass is 10.2. The minimum Gasteiger partial charge on any atom is -0.329 e. The normalized spacial score (nSPS) is 29.4. The molecular weight excluding hydrogens is 186 g/mol. The molecule has 0 spiro atoms. The van der Waals surface area contributed by atoms with Gasteiger partial charge in [-0.3, -0.25) is 4.90 Å². The Balaban J connectivity index is 1.78. The van der Waals surface area contributed by atoms with Gasteiger partial charge in [0.1, 0.15) is 0 Å². The molecule has 0 aromatic carbocycles. The topological polar surface area (TPSA) is 32.5 Å². The van der Waals surface area contributed by atoms with Gasteiger partial charge in [0, 0.05) is 38.3 Å². The van der Waals surface area contributed by atoms with Gasteiger partial charge in [-0.1, -0.05) is 12.8 Å². The summed E-state index contributed by atoms with van der Waals surface area (Å²) in [5.74, 6) is 0. The SMILES string of the molecule is CN(CCN)C1CCN(C2CCCC2)C1. The van der Waals surface area contributed by atoms with Crippen molar-refractivity contribution < 1.29 is 0 Å². The first-order valence-corrected chi connectivity index (χ1v) is 6.45. The molecular formula is C12H25N3. The Labute approximate surface area is 93.6 Å². The van der Waals surface area contributed by atoms with Crippen LogP contribution in [0.3, 0.4) is 0 Å². The lowest BCUT2D eigenvalue weighted by molar-refractivity contribution is 0.204. The Hall–Kier alpha value is -0.120. The number of likely N-dealkylation sites (tertiary alicyclic amines) is 1. The number of nitrogens with zero attached hydrogens (tertiary/aromatic N) is 2. The largest absolute Gasteiger partial charge is 0.329 e. The van der Waals surface area contributed by atoms with Gasteiger partial charge in [0.05, 0.1) is 0 Å². The highest BCUT2D eigenvalue weighted by molar-refractivity contribution is 4.88. The first-order valence-electron chi connectivity index (χ1n) is 6.45. The van der Waals surface area contributed by atoms with E-state index in [9.17, 15) is 0 Å². The third kappa shape index (κ3) is 2.71. The fraction of sp³-hybridized carbons (Fsp3) is 1.00. The summed E-state index contributed by atoms with van der Waals surface area (Å²) >= 11 is 0. The Kier molecular flexibility index (Phi) is 4.00. The molecule has 0 amide bonds. The second kappa shape index (κ2) is 5.28. The zero-order chi connectivity index (χ0) is 10.7. The van der Waals surface area contributed by atoms with E-state index in [1.807, 2.05) is 0 Å². The minimum atomic E-state index is 0.758. The van der Waals surface area contributed by atoms with Gasteiger partial charge in [-0.25, -0.2) is 0 Å². The van der Waals surface area contributed by atoms with Crippen molar-refractivity contribution >= 4 is 0 Å². The second-order valence-corrected chi connectivity index (χ2v) is 5.14. The van der Waals surface area contributed by atoms with Crippen LogP contribution in [-0.2, 0) is 0 Å². The van der Waals surface area contributed by atoms with Crippen molar-refractivity contribution in [1.29, 1.82) is 0 Å². The van der Waals surface area contributed by atoms with Crippen LogP contribution in [0.2, 0.25) is 0 Å². The molecule has 3 heteroatoms. The van der Waals surface area contributed by atoms with E-state index in [4.69, 9.17) is 5.73 Å². The lowest BCUT2D eigenvalue weighted by Crippen LogP contribution is -2.39. The van der Waals surface area contributed by atoms with E-state index in [-0.39, 0.29) is 0 Å². The van der Waals surface area contributed by atoms with Gasteiger partial charge in [0.25, 0.3) is 0 Å². The highest BCUT2D eigenvalue weighted by Gasteiger charge is 2.31. The molecule has 1 unspecified atom stereocenters. The number of likely N-dealkylation sites (N-methyl/N-ethyl adjacent to an activating group) is 1. The van der Waals surface area contributed by atoms with Crippen molar-refractivity contribution in [2.75, 3.05) is 33.2 Å². The van der Waals surface area contributed by atoms with Crippen LogP contribution >= 0.6 is 0 Å². The maximum Gasteiger partial charge on any atom is 0.0232 e. The summed E-state index contributed by atoms with van der Waals surface area (Å²) in [4.78, 5) is 5.15. The summed E-state index contributed by atoms with van der Waals surface area (Å²) in [6.45, 7) is 4.42. The van der Waals surface area contributed by atoms with Crippen molar-refractivity contribution in [2.45, 2.75) is 44.2 Å². The van der Waals surface area contributed by atoms with E-state index >= 15 is 0 Å². The second-order valence-electron chi connectivity index (χ2n) is 5.14. The van der Waals surface area contributed by atoms with Crippen molar-refractivity contribution in [3.63, 3.8) is 0 Å². The van der Waals surface area contributed by atoms with Gasteiger partial charge in [0.2, 0.25) is 0 Å². The van der Waals surface area contributed by atoms with Crippen LogP contribution in [-0.4, -0.2) is 55.1 Å². The standard InChI is InChI=1S/C12H25N3/c1-14(9-7-13)12-6-8-15(10-12)11-4-2-3-5-11/h11-12H,2-10,13H2,1H3. The molecule has 0 aromatic rings. The third-order valence-corrected chi connectivity index (χ3v) is 4.14. The molecule has 1 aliphatic carbocycles. The molecule has 1 saturated carbocycles. The number of nitrogens with two attached hydrogens (primary N) is 1. The van der Waals surface area contributed by atoms with E-state index in [1.54, 1.807) is 0 Å². The van der Waals surface area contributed by atoms with E-state index in [0.29, 0.717) is 0 Å². The van der Waals surface area contributed by atoms with Gasteiger partial charge in [-0.05, 0) is 26.3 Å². The predicted molar refractivity (Wildman–Crippen MR) is 63.9 cm³/mol. The van der Waals surface area contributed by atoms with Crippen molar-refractivity contribution in [3.8, 4) is 0 Å². The maximum atomic E-state index is 5.60. The van der Waals surface area contributed by atoms with Crippen LogP contribution in [0.25, 0.3) is 0 Å². The highest BCUT2D eigenvalue weighted by atomic mass is 15.3. The fourth-order valence-corrected chi connectivity index (χ4v) is 3.12. The van der Waals surface area contributed by atoms with Gasteiger partial charge in [-0.15, -0.1) is 0 Å². The molecule has 0 aromatic heterocycles. The summed E-state index contributed by atoms with van der Waals surface area (Å²) in [6, 6.07) is 1.66. The average molecular weight is 211 g/mol. The monoisotopic (exact) mass is 211 g/mol. The van der Waals surface area contributed by atoms with Crippen LogP contribution in [0.1, 0.15) is 32.1 Å². The number of hydrogen-bond donors (Lipinski definition) is 1. The quantitative estimate of drug-likeness (QED) is 0.750. The molecule has 2 aliphatic rings. The summed E-state index contributed by atoms with van der Waals surface area (Å²) < 4.78 is 0. The Morgan fingerprint density at radius 1 is 1.27 bits per heavy atom. The maximum absolute atomic E-state index is 5.60. The molecule has 15 heavy (non-hydrogen) atoms. The lowest BCUT2D eigenvalue weighted by Gasteiger charge is -2.26. The first kappa shape index (κ1) is 11.4. The molecule has 1 heterocycles. The van der Waals surface area contributed by atoms with Crippen LogP contribution < -0.4 is 5.73 Å². The highest BCUT2D eigenvalue weighted by Crippen LogP contribution is 2.27. The molecule has 1 aliphatic heterocycles. The molecule has 2 fully saturated rings. The zero-order valence-electron chi connectivity index (χ0n) is 9.99. The molecule has 2 N–H and O–H groups in total. The van der Waals surface area contributed by atoms with Crippen LogP contribution in [0.4, 0.5) is 0 Å². The van der Waals surface area contributed by atoms with Crippen LogP contribution in [0.5, 0.6) is 0 Å². The van der Waals surface area contributed by atoms with Crippen molar-refractivity contribution in [3.05, 3.63) is 0 Å². The Morgan fingerprint density at radius 3 is 2.67 bits per heavy atom. The van der Waals surface area contributed by atoms with E-state index < -0.39 is 0 Å². The van der Waals surface area contributed by atoms with Gasteiger partial charge in [-0.2, -0.15) is 0 Å². The third-order valence-electron chi connectivity index (χ3n) is 4.14. The molecule has 88 valence electrons. The molecule has 2 rings (SSSR count).